The molecule has 1 fully saturated rings. The van der Waals surface area contributed by atoms with E-state index < -0.39 is 0 Å². The van der Waals surface area contributed by atoms with Gasteiger partial charge in [0.05, 0.1) is 5.56 Å². The lowest BCUT2D eigenvalue weighted by molar-refractivity contribution is 0.0936. The Morgan fingerprint density at radius 1 is 1.30 bits per heavy atom. The molecule has 0 saturated carbocycles. The number of carbonyl (C=O) groups is 1. The van der Waals surface area contributed by atoms with Crippen LogP contribution in [0.2, 0.25) is 0 Å². The van der Waals surface area contributed by atoms with E-state index in [1.165, 1.54) is 12.8 Å². The smallest absolute Gasteiger partial charge is 0.255 e. The summed E-state index contributed by atoms with van der Waals surface area (Å²) in [6.45, 7) is 2.72. The van der Waals surface area contributed by atoms with Crippen molar-refractivity contribution in [2.75, 3.05) is 26.3 Å². The zero-order chi connectivity index (χ0) is 13.8. The molecule has 0 aliphatic carbocycles. The molecule has 1 aromatic carbocycles. The fraction of sp³-hybridized carbons (Fsp3) is 0.533. The minimum Gasteiger partial charge on any atom is -0.486 e. The lowest BCUT2D eigenvalue weighted by Crippen LogP contribution is -2.43. The summed E-state index contributed by atoms with van der Waals surface area (Å²) in [6.07, 6.45) is 3.57. The normalized spacial score (nSPS) is 21.3. The first kappa shape index (κ1) is 13.2. The average molecular weight is 276 g/mol. The fourth-order valence-corrected chi connectivity index (χ4v) is 2.66. The molecule has 2 heterocycles. The number of ether oxygens (including phenoxy) is 2. The van der Waals surface area contributed by atoms with Crippen LogP contribution in [0.1, 0.15) is 29.6 Å². The molecule has 0 unspecified atom stereocenters. The quantitative estimate of drug-likeness (QED) is 0.874. The first-order valence-electron chi connectivity index (χ1n) is 7.25. The molecule has 5 heteroatoms. The van der Waals surface area contributed by atoms with Crippen molar-refractivity contribution in [2.24, 2.45) is 0 Å². The first-order valence-corrected chi connectivity index (χ1v) is 7.25. The van der Waals surface area contributed by atoms with E-state index in [2.05, 4.69) is 10.6 Å². The molecule has 20 heavy (non-hydrogen) atoms. The molecule has 2 aliphatic rings. The van der Waals surface area contributed by atoms with Crippen LogP contribution in [0.5, 0.6) is 11.5 Å². The monoisotopic (exact) mass is 276 g/mol. The highest BCUT2D eigenvalue weighted by molar-refractivity contribution is 5.97. The minimum atomic E-state index is -0.0975. The molecule has 1 amide bonds. The number of rotatable bonds is 3. The predicted octanol–water partition coefficient (Wildman–Crippen LogP) is 1.33. The zero-order valence-electron chi connectivity index (χ0n) is 11.5. The van der Waals surface area contributed by atoms with Crippen molar-refractivity contribution < 1.29 is 14.3 Å². The van der Waals surface area contributed by atoms with Gasteiger partial charge in [-0.2, -0.15) is 0 Å². The Kier molecular flexibility index (Phi) is 4.06. The molecule has 2 aliphatic heterocycles. The largest absolute Gasteiger partial charge is 0.486 e. The highest BCUT2D eigenvalue weighted by Crippen LogP contribution is 2.33. The molecule has 0 radical (unpaired) electrons. The van der Waals surface area contributed by atoms with Gasteiger partial charge >= 0.3 is 0 Å². The van der Waals surface area contributed by atoms with Crippen LogP contribution in [0.4, 0.5) is 0 Å². The summed E-state index contributed by atoms with van der Waals surface area (Å²) >= 11 is 0. The molecule has 1 atom stereocenters. The van der Waals surface area contributed by atoms with Gasteiger partial charge in [0, 0.05) is 12.6 Å². The number of amides is 1. The molecule has 5 nitrogen and oxygen atoms in total. The SMILES string of the molecule is O=C(NC[C@@H]1CCCCN1)c1cccc2c1OCCO2. The Labute approximate surface area is 118 Å². The van der Waals surface area contributed by atoms with Crippen LogP contribution in [0.15, 0.2) is 18.2 Å². The van der Waals surface area contributed by atoms with Gasteiger partial charge < -0.3 is 20.1 Å². The highest BCUT2D eigenvalue weighted by Gasteiger charge is 2.21. The van der Waals surface area contributed by atoms with Gasteiger partial charge in [0.1, 0.15) is 13.2 Å². The number of hydrogen-bond acceptors (Lipinski definition) is 4. The van der Waals surface area contributed by atoms with Crippen LogP contribution in [-0.4, -0.2) is 38.3 Å². The summed E-state index contributed by atoms with van der Waals surface area (Å²) < 4.78 is 11.1. The lowest BCUT2D eigenvalue weighted by Gasteiger charge is -2.24. The zero-order valence-corrected chi connectivity index (χ0v) is 11.5. The van der Waals surface area contributed by atoms with Crippen LogP contribution in [0.3, 0.4) is 0 Å². The molecule has 0 bridgehead atoms. The molecule has 0 aromatic heterocycles. The van der Waals surface area contributed by atoms with Crippen LogP contribution in [0.25, 0.3) is 0 Å². The maximum Gasteiger partial charge on any atom is 0.255 e. The maximum absolute atomic E-state index is 12.3. The summed E-state index contributed by atoms with van der Waals surface area (Å²) in [6, 6.07) is 5.80. The van der Waals surface area contributed by atoms with E-state index in [0.717, 1.165) is 13.0 Å². The number of piperidine rings is 1. The van der Waals surface area contributed by atoms with Crippen LogP contribution < -0.4 is 20.1 Å². The van der Waals surface area contributed by atoms with E-state index in [4.69, 9.17) is 9.47 Å². The van der Waals surface area contributed by atoms with Gasteiger partial charge in [-0.25, -0.2) is 0 Å². The second kappa shape index (κ2) is 6.13. The Bertz CT molecular complexity index is 484. The van der Waals surface area contributed by atoms with Crippen molar-refractivity contribution in [2.45, 2.75) is 25.3 Å². The van der Waals surface area contributed by atoms with Gasteiger partial charge in [0.15, 0.2) is 11.5 Å². The molecule has 2 N–H and O–H groups in total. The third kappa shape index (κ3) is 2.88. The Balaban J connectivity index is 1.64. The first-order chi connectivity index (χ1) is 9.84. The summed E-state index contributed by atoms with van der Waals surface area (Å²) in [4.78, 5) is 12.3. The molecule has 108 valence electrons. The number of fused-ring (bicyclic) bond motifs is 1. The van der Waals surface area contributed by atoms with Gasteiger partial charge in [-0.05, 0) is 31.5 Å². The fourth-order valence-electron chi connectivity index (χ4n) is 2.66. The molecule has 0 spiro atoms. The summed E-state index contributed by atoms with van der Waals surface area (Å²) in [5, 5.41) is 6.40. The van der Waals surface area contributed by atoms with Crippen LogP contribution >= 0.6 is 0 Å². The predicted molar refractivity (Wildman–Crippen MR) is 75.4 cm³/mol. The van der Waals surface area contributed by atoms with Crippen molar-refractivity contribution in [3.8, 4) is 11.5 Å². The molecule has 1 aromatic rings. The molecular weight excluding hydrogens is 256 g/mol. The van der Waals surface area contributed by atoms with E-state index in [9.17, 15) is 4.79 Å². The van der Waals surface area contributed by atoms with Crippen molar-refractivity contribution in [3.05, 3.63) is 23.8 Å². The number of carbonyl (C=O) groups excluding carboxylic acids is 1. The van der Waals surface area contributed by atoms with Gasteiger partial charge in [-0.1, -0.05) is 12.5 Å². The number of hydrogen-bond donors (Lipinski definition) is 2. The number of benzene rings is 1. The van der Waals surface area contributed by atoms with Crippen LogP contribution in [0, 0.1) is 0 Å². The van der Waals surface area contributed by atoms with E-state index in [0.29, 0.717) is 42.9 Å². The van der Waals surface area contributed by atoms with Crippen molar-refractivity contribution in [3.63, 3.8) is 0 Å². The van der Waals surface area contributed by atoms with Gasteiger partial charge in [-0.3, -0.25) is 4.79 Å². The van der Waals surface area contributed by atoms with Gasteiger partial charge in [-0.15, -0.1) is 0 Å². The average Bonchev–Trinajstić information content (AvgIpc) is 2.53. The van der Waals surface area contributed by atoms with Crippen LogP contribution in [-0.2, 0) is 0 Å². The topological polar surface area (TPSA) is 59.6 Å². The third-order valence-electron chi connectivity index (χ3n) is 3.73. The summed E-state index contributed by atoms with van der Waals surface area (Å²) in [5.41, 5.74) is 0.554. The van der Waals surface area contributed by atoms with E-state index in [1.807, 2.05) is 12.1 Å². The van der Waals surface area contributed by atoms with Gasteiger partial charge in [0.25, 0.3) is 5.91 Å². The second-order valence-corrected chi connectivity index (χ2v) is 5.19. The van der Waals surface area contributed by atoms with Crippen molar-refractivity contribution in [1.82, 2.24) is 10.6 Å². The summed E-state index contributed by atoms with van der Waals surface area (Å²) in [5.74, 6) is 1.12. The van der Waals surface area contributed by atoms with Crippen molar-refractivity contribution in [1.29, 1.82) is 0 Å². The van der Waals surface area contributed by atoms with Crippen molar-refractivity contribution >= 4 is 5.91 Å². The number of para-hydroxylation sites is 1. The Morgan fingerprint density at radius 3 is 3.05 bits per heavy atom. The van der Waals surface area contributed by atoms with E-state index in [1.54, 1.807) is 6.07 Å². The Morgan fingerprint density at radius 2 is 2.20 bits per heavy atom. The van der Waals surface area contributed by atoms with Gasteiger partial charge in [0.2, 0.25) is 0 Å². The minimum absolute atomic E-state index is 0.0975. The second-order valence-electron chi connectivity index (χ2n) is 5.19. The number of nitrogens with one attached hydrogen (secondary N) is 2. The lowest BCUT2D eigenvalue weighted by atomic mass is 10.0. The molecular formula is C15H20N2O3. The standard InChI is InChI=1S/C15H20N2O3/c18-15(17-10-11-4-1-2-7-16-11)12-5-3-6-13-14(12)20-9-8-19-13/h3,5-6,11,16H,1-2,4,7-10H2,(H,17,18)/t11-/m0/s1. The van der Waals surface area contributed by atoms with E-state index in [-0.39, 0.29) is 5.91 Å². The molecule has 3 rings (SSSR count). The van der Waals surface area contributed by atoms with E-state index >= 15 is 0 Å². The third-order valence-corrected chi connectivity index (χ3v) is 3.73. The summed E-state index contributed by atoms with van der Waals surface area (Å²) in [7, 11) is 0. The highest BCUT2D eigenvalue weighted by atomic mass is 16.6. The maximum atomic E-state index is 12.3. The Hall–Kier alpha value is -1.75. The molecule has 1 saturated heterocycles.